The van der Waals surface area contributed by atoms with Gasteiger partial charge < -0.3 is 10.6 Å². The molecule has 0 saturated heterocycles. The molecule has 6 heteroatoms. The topological polar surface area (TPSA) is 58.2 Å². The molecular formula is C22H18F2N2O2. The van der Waals surface area contributed by atoms with Crippen molar-refractivity contribution >= 4 is 23.2 Å². The van der Waals surface area contributed by atoms with E-state index in [0.29, 0.717) is 6.07 Å². The van der Waals surface area contributed by atoms with Crippen molar-refractivity contribution in [3.05, 3.63) is 94.6 Å². The number of para-hydroxylation sites is 1. The van der Waals surface area contributed by atoms with Crippen LogP contribution in [0.1, 0.15) is 31.8 Å². The monoisotopic (exact) mass is 380 g/mol. The summed E-state index contributed by atoms with van der Waals surface area (Å²) in [5, 5.41) is 5.23. The summed E-state index contributed by atoms with van der Waals surface area (Å²) < 4.78 is 26.7. The van der Waals surface area contributed by atoms with E-state index in [1.54, 1.807) is 12.1 Å². The summed E-state index contributed by atoms with van der Waals surface area (Å²) in [5.41, 5.74) is 2.89. The van der Waals surface area contributed by atoms with Crippen LogP contribution in [0.4, 0.5) is 20.2 Å². The van der Waals surface area contributed by atoms with E-state index in [1.807, 2.05) is 32.0 Å². The van der Waals surface area contributed by atoms with Gasteiger partial charge in [-0.1, -0.05) is 24.3 Å². The van der Waals surface area contributed by atoms with Crippen molar-refractivity contribution in [1.82, 2.24) is 0 Å². The third-order valence-electron chi connectivity index (χ3n) is 4.29. The Labute approximate surface area is 161 Å². The van der Waals surface area contributed by atoms with Crippen LogP contribution in [0.3, 0.4) is 0 Å². The lowest BCUT2D eigenvalue weighted by Gasteiger charge is -2.12. The number of carbonyl (C=O) groups is 2. The molecule has 0 atom stereocenters. The van der Waals surface area contributed by atoms with Gasteiger partial charge in [0.05, 0.1) is 5.69 Å². The van der Waals surface area contributed by atoms with E-state index in [0.717, 1.165) is 28.9 Å². The van der Waals surface area contributed by atoms with E-state index < -0.39 is 17.5 Å². The van der Waals surface area contributed by atoms with Crippen LogP contribution in [-0.2, 0) is 0 Å². The highest BCUT2D eigenvalue weighted by atomic mass is 19.1. The highest BCUT2D eigenvalue weighted by Crippen LogP contribution is 2.21. The van der Waals surface area contributed by atoms with Gasteiger partial charge in [-0.3, -0.25) is 9.59 Å². The zero-order valence-corrected chi connectivity index (χ0v) is 15.3. The summed E-state index contributed by atoms with van der Waals surface area (Å²) in [6.45, 7) is 3.79. The lowest BCUT2D eigenvalue weighted by atomic mass is 10.1. The van der Waals surface area contributed by atoms with E-state index in [4.69, 9.17) is 0 Å². The first-order valence-electron chi connectivity index (χ1n) is 8.59. The lowest BCUT2D eigenvalue weighted by molar-refractivity contribution is 0.102. The molecule has 3 aromatic carbocycles. The van der Waals surface area contributed by atoms with Crippen LogP contribution in [0.15, 0.2) is 60.7 Å². The summed E-state index contributed by atoms with van der Waals surface area (Å²) in [4.78, 5) is 25.0. The Kier molecular flexibility index (Phi) is 5.49. The second-order valence-electron chi connectivity index (χ2n) is 6.38. The molecule has 28 heavy (non-hydrogen) atoms. The van der Waals surface area contributed by atoms with Crippen LogP contribution in [0.25, 0.3) is 0 Å². The summed E-state index contributed by atoms with van der Waals surface area (Å²) in [6.07, 6.45) is 0. The number of hydrogen-bond acceptors (Lipinski definition) is 2. The molecule has 4 nitrogen and oxygen atoms in total. The SMILES string of the molecule is Cc1cccc(C)c1NC(=O)c1cccc(C(=O)Nc2ccc(F)cc2F)c1. The number of aryl methyl sites for hydroxylation is 2. The van der Waals surface area contributed by atoms with E-state index in [9.17, 15) is 18.4 Å². The van der Waals surface area contributed by atoms with Crippen LogP contribution in [-0.4, -0.2) is 11.8 Å². The van der Waals surface area contributed by atoms with Gasteiger partial charge >= 0.3 is 0 Å². The van der Waals surface area contributed by atoms with Crippen molar-refractivity contribution in [2.24, 2.45) is 0 Å². The first-order valence-corrected chi connectivity index (χ1v) is 8.59. The fraction of sp³-hybridized carbons (Fsp3) is 0.0909. The predicted octanol–water partition coefficient (Wildman–Crippen LogP) is 5.09. The first-order chi connectivity index (χ1) is 13.3. The lowest BCUT2D eigenvalue weighted by Crippen LogP contribution is -2.17. The van der Waals surface area contributed by atoms with Crippen molar-refractivity contribution in [2.45, 2.75) is 13.8 Å². The first kappa shape index (κ1) is 19.2. The number of amides is 2. The Morgan fingerprint density at radius 3 is 1.93 bits per heavy atom. The van der Waals surface area contributed by atoms with Crippen molar-refractivity contribution < 1.29 is 18.4 Å². The average Bonchev–Trinajstić information content (AvgIpc) is 2.67. The number of rotatable bonds is 4. The fourth-order valence-corrected chi connectivity index (χ4v) is 2.78. The Hall–Kier alpha value is -3.54. The van der Waals surface area contributed by atoms with Crippen molar-refractivity contribution in [2.75, 3.05) is 10.6 Å². The molecule has 2 N–H and O–H groups in total. The molecule has 142 valence electrons. The zero-order valence-electron chi connectivity index (χ0n) is 15.3. The highest BCUT2D eigenvalue weighted by molar-refractivity contribution is 6.09. The number of halogens is 2. The van der Waals surface area contributed by atoms with Crippen LogP contribution in [0.5, 0.6) is 0 Å². The maximum absolute atomic E-state index is 13.7. The van der Waals surface area contributed by atoms with E-state index in [-0.39, 0.29) is 22.7 Å². The standard InChI is InChI=1S/C22H18F2N2O2/c1-13-5-3-6-14(2)20(13)26-22(28)16-8-4-7-15(11-16)21(27)25-19-10-9-17(23)12-18(19)24/h3-12H,1-2H3,(H,25,27)(H,26,28). The summed E-state index contributed by atoms with van der Waals surface area (Å²) in [7, 11) is 0. The molecule has 0 unspecified atom stereocenters. The minimum Gasteiger partial charge on any atom is -0.322 e. The van der Waals surface area contributed by atoms with Crippen LogP contribution in [0.2, 0.25) is 0 Å². The number of carbonyl (C=O) groups excluding carboxylic acids is 2. The number of anilines is 2. The smallest absolute Gasteiger partial charge is 0.255 e. The molecule has 0 bridgehead atoms. The van der Waals surface area contributed by atoms with Gasteiger partial charge in [0.1, 0.15) is 11.6 Å². The molecule has 2 amide bonds. The van der Waals surface area contributed by atoms with Crippen LogP contribution < -0.4 is 10.6 Å². The molecule has 0 aliphatic rings. The minimum atomic E-state index is -0.878. The molecular weight excluding hydrogens is 362 g/mol. The van der Waals surface area contributed by atoms with E-state index in [2.05, 4.69) is 10.6 Å². The largest absolute Gasteiger partial charge is 0.322 e. The van der Waals surface area contributed by atoms with Crippen molar-refractivity contribution in [3.8, 4) is 0 Å². The summed E-state index contributed by atoms with van der Waals surface area (Å²) >= 11 is 0. The average molecular weight is 380 g/mol. The Balaban J connectivity index is 1.79. The van der Waals surface area contributed by atoms with Gasteiger partial charge in [-0.2, -0.15) is 0 Å². The van der Waals surface area contributed by atoms with E-state index >= 15 is 0 Å². The van der Waals surface area contributed by atoms with Crippen molar-refractivity contribution in [3.63, 3.8) is 0 Å². The molecule has 0 aliphatic carbocycles. The van der Waals surface area contributed by atoms with Gasteiger partial charge in [0.25, 0.3) is 11.8 Å². The van der Waals surface area contributed by atoms with Crippen molar-refractivity contribution in [1.29, 1.82) is 0 Å². The van der Waals surface area contributed by atoms with Gasteiger partial charge in [0.2, 0.25) is 0 Å². The molecule has 0 heterocycles. The summed E-state index contributed by atoms with van der Waals surface area (Å²) in [5.74, 6) is -2.58. The maximum atomic E-state index is 13.7. The Bertz CT molecular complexity index is 1040. The molecule has 0 aliphatic heterocycles. The number of hydrogen-bond donors (Lipinski definition) is 2. The quantitative estimate of drug-likeness (QED) is 0.663. The van der Waals surface area contributed by atoms with Crippen LogP contribution in [0, 0.1) is 25.5 Å². The van der Waals surface area contributed by atoms with Gasteiger partial charge in [-0.15, -0.1) is 0 Å². The summed E-state index contributed by atoms with van der Waals surface area (Å²) in [6, 6.07) is 14.6. The number of benzene rings is 3. The number of nitrogens with one attached hydrogen (secondary N) is 2. The third kappa shape index (κ3) is 4.23. The molecule has 0 spiro atoms. The molecule has 0 aromatic heterocycles. The highest BCUT2D eigenvalue weighted by Gasteiger charge is 2.14. The fourth-order valence-electron chi connectivity index (χ4n) is 2.78. The minimum absolute atomic E-state index is 0.142. The molecule has 3 aromatic rings. The predicted molar refractivity (Wildman–Crippen MR) is 105 cm³/mol. The van der Waals surface area contributed by atoms with Gasteiger partial charge in [-0.05, 0) is 55.3 Å². The van der Waals surface area contributed by atoms with Gasteiger partial charge in [-0.25, -0.2) is 8.78 Å². The normalized spacial score (nSPS) is 10.4. The molecule has 0 radical (unpaired) electrons. The second-order valence-corrected chi connectivity index (χ2v) is 6.38. The molecule has 3 rings (SSSR count). The Morgan fingerprint density at radius 2 is 1.32 bits per heavy atom. The Morgan fingerprint density at radius 1 is 0.750 bits per heavy atom. The molecule has 0 fully saturated rings. The second kappa shape index (κ2) is 8.00. The molecule has 0 saturated carbocycles. The maximum Gasteiger partial charge on any atom is 0.255 e. The van der Waals surface area contributed by atoms with Gasteiger partial charge in [0, 0.05) is 22.9 Å². The third-order valence-corrected chi connectivity index (χ3v) is 4.29. The van der Waals surface area contributed by atoms with Gasteiger partial charge in [0.15, 0.2) is 0 Å². The van der Waals surface area contributed by atoms with Crippen LogP contribution >= 0.6 is 0 Å². The van der Waals surface area contributed by atoms with E-state index in [1.165, 1.54) is 12.1 Å². The zero-order chi connectivity index (χ0) is 20.3.